The Morgan fingerprint density at radius 3 is 2.75 bits per heavy atom. The molecule has 0 heterocycles. The van der Waals surface area contributed by atoms with Gasteiger partial charge < -0.3 is 0 Å². The van der Waals surface area contributed by atoms with E-state index < -0.39 is 0 Å². The average Bonchev–Trinajstić information content (AvgIpc) is 2.03. The number of nitrogens with zero attached hydrogens (tertiary/aromatic N) is 1. The molecule has 0 fully saturated rings. The van der Waals surface area contributed by atoms with Crippen LogP contribution in [0.15, 0.2) is 23.1 Å². The Hall–Kier alpha value is -1.03. The van der Waals surface area contributed by atoms with Crippen molar-refractivity contribution < 1.29 is 4.92 Å². The fourth-order valence-corrected chi connectivity index (χ4v) is 1.26. The van der Waals surface area contributed by atoms with Crippen LogP contribution in [0.5, 0.6) is 0 Å². The third-order valence-corrected chi connectivity index (χ3v) is 1.92. The molecule has 0 unspecified atom stereocenters. The first-order valence-corrected chi connectivity index (χ1v) is 4.06. The Kier molecular flexibility index (Phi) is 2.70. The van der Waals surface area contributed by atoms with Gasteiger partial charge in [-0.2, -0.15) is 0 Å². The molecule has 3 nitrogen and oxygen atoms in total. The van der Waals surface area contributed by atoms with E-state index in [0.29, 0.717) is 6.42 Å². The van der Waals surface area contributed by atoms with Crippen molar-refractivity contribution in [3.63, 3.8) is 0 Å². The summed E-state index contributed by atoms with van der Waals surface area (Å²) >= 11 is 4.10. The van der Waals surface area contributed by atoms with Gasteiger partial charge in [0.2, 0.25) is 0 Å². The molecular formula is C8H9NO2S. The molecule has 0 aliphatic carbocycles. The van der Waals surface area contributed by atoms with Crippen molar-refractivity contribution in [2.45, 2.75) is 18.2 Å². The van der Waals surface area contributed by atoms with E-state index in [9.17, 15) is 10.1 Å². The van der Waals surface area contributed by atoms with E-state index in [-0.39, 0.29) is 10.6 Å². The summed E-state index contributed by atoms with van der Waals surface area (Å²) in [7, 11) is 0. The number of aryl methyl sites for hydroxylation is 1. The number of benzene rings is 1. The maximum absolute atomic E-state index is 10.5. The van der Waals surface area contributed by atoms with Gasteiger partial charge in [0.05, 0.1) is 4.92 Å². The molecule has 0 saturated heterocycles. The van der Waals surface area contributed by atoms with Crippen LogP contribution in [0, 0.1) is 10.1 Å². The second kappa shape index (κ2) is 3.58. The summed E-state index contributed by atoms with van der Waals surface area (Å²) in [5.41, 5.74) is 0.905. The van der Waals surface area contributed by atoms with E-state index in [1.807, 2.05) is 6.92 Å². The third kappa shape index (κ3) is 1.76. The maximum atomic E-state index is 10.5. The van der Waals surface area contributed by atoms with Crippen LogP contribution in [0.1, 0.15) is 12.5 Å². The second-order valence-corrected chi connectivity index (χ2v) is 2.94. The molecule has 0 atom stereocenters. The van der Waals surface area contributed by atoms with E-state index in [1.165, 1.54) is 6.07 Å². The Morgan fingerprint density at radius 2 is 2.25 bits per heavy atom. The minimum Gasteiger partial charge on any atom is -0.258 e. The molecular weight excluding hydrogens is 174 g/mol. The third-order valence-electron chi connectivity index (χ3n) is 1.64. The lowest BCUT2D eigenvalue weighted by Crippen LogP contribution is -1.93. The molecule has 1 rings (SSSR count). The lowest BCUT2D eigenvalue weighted by atomic mass is 10.1. The van der Waals surface area contributed by atoms with Crippen LogP contribution in [0.2, 0.25) is 0 Å². The predicted octanol–water partition coefficient (Wildman–Crippen LogP) is 2.45. The zero-order valence-corrected chi connectivity index (χ0v) is 7.54. The molecule has 0 saturated carbocycles. The van der Waals surface area contributed by atoms with Crippen molar-refractivity contribution in [3.8, 4) is 0 Å². The second-order valence-electron chi connectivity index (χ2n) is 2.42. The molecule has 12 heavy (non-hydrogen) atoms. The highest BCUT2D eigenvalue weighted by Gasteiger charge is 2.10. The van der Waals surface area contributed by atoms with Gasteiger partial charge in [-0.05, 0) is 18.6 Å². The number of hydrogen-bond donors (Lipinski definition) is 1. The monoisotopic (exact) mass is 183 g/mol. The summed E-state index contributed by atoms with van der Waals surface area (Å²) < 4.78 is 0. The number of rotatable bonds is 2. The topological polar surface area (TPSA) is 43.1 Å². The Bertz CT molecular complexity index is 312. The zero-order valence-electron chi connectivity index (χ0n) is 6.65. The van der Waals surface area contributed by atoms with Gasteiger partial charge in [-0.3, -0.25) is 10.1 Å². The van der Waals surface area contributed by atoms with Crippen LogP contribution in [0.25, 0.3) is 0 Å². The Labute approximate surface area is 76.0 Å². The fraction of sp³-hybridized carbons (Fsp3) is 0.250. The molecule has 0 aliphatic rings. The first-order chi connectivity index (χ1) is 5.65. The van der Waals surface area contributed by atoms with Crippen LogP contribution in [0.4, 0.5) is 5.69 Å². The summed E-state index contributed by atoms with van der Waals surface area (Å²) in [5.74, 6) is 0. The molecule has 1 aromatic carbocycles. The highest BCUT2D eigenvalue weighted by atomic mass is 32.1. The van der Waals surface area contributed by atoms with Crippen molar-refractivity contribution in [2.24, 2.45) is 0 Å². The van der Waals surface area contributed by atoms with E-state index in [1.54, 1.807) is 12.1 Å². The van der Waals surface area contributed by atoms with Gasteiger partial charge >= 0.3 is 0 Å². The van der Waals surface area contributed by atoms with Crippen molar-refractivity contribution in [1.82, 2.24) is 0 Å². The SMILES string of the molecule is CCc1cc(S)ccc1[N+](=O)[O-]. The Morgan fingerprint density at radius 1 is 1.58 bits per heavy atom. The summed E-state index contributed by atoms with van der Waals surface area (Å²) in [5, 5.41) is 10.5. The number of nitro benzene ring substituents is 1. The van der Waals surface area contributed by atoms with Gasteiger partial charge in [0, 0.05) is 16.5 Å². The average molecular weight is 183 g/mol. The summed E-state index contributed by atoms with van der Waals surface area (Å²) in [4.78, 5) is 10.9. The highest BCUT2D eigenvalue weighted by molar-refractivity contribution is 7.80. The molecule has 4 heteroatoms. The molecule has 0 N–H and O–H groups in total. The minimum atomic E-state index is -0.369. The molecule has 0 amide bonds. The number of thiol groups is 1. The van der Waals surface area contributed by atoms with Crippen LogP contribution in [-0.2, 0) is 6.42 Å². The molecule has 0 aromatic heterocycles. The van der Waals surface area contributed by atoms with Crippen molar-refractivity contribution in [2.75, 3.05) is 0 Å². The molecule has 64 valence electrons. The first-order valence-electron chi connectivity index (χ1n) is 3.61. The first kappa shape index (κ1) is 9.06. The van der Waals surface area contributed by atoms with Crippen LogP contribution in [-0.4, -0.2) is 4.92 Å². The standard InChI is InChI=1S/C8H9NO2S/c1-2-6-5-7(12)3-4-8(6)9(10)11/h3-5,12H,2H2,1H3. The number of nitro groups is 1. The highest BCUT2D eigenvalue weighted by Crippen LogP contribution is 2.21. The predicted molar refractivity (Wildman–Crippen MR) is 49.7 cm³/mol. The smallest absolute Gasteiger partial charge is 0.258 e. The van der Waals surface area contributed by atoms with E-state index in [0.717, 1.165) is 10.5 Å². The lowest BCUT2D eigenvalue weighted by molar-refractivity contribution is -0.385. The Balaban J connectivity index is 3.20. The van der Waals surface area contributed by atoms with Crippen molar-refractivity contribution in [3.05, 3.63) is 33.9 Å². The summed E-state index contributed by atoms with van der Waals surface area (Å²) in [6.07, 6.45) is 0.657. The van der Waals surface area contributed by atoms with Crippen molar-refractivity contribution in [1.29, 1.82) is 0 Å². The van der Waals surface area contributed by atoms with Crippen molar-refractivity contribution >= 4 is 18.3 Å². The maximum Gasteiger partial charge on any atom is 0.272 e. The molecule has 0 radical (unpaired) electrons. The van der Waals surface area contributed by atoms with E-state index in [4.69, 9.17) is 0 Å². The van der Waals surface area contributed by atoms with Gasteiger partial charge in [0.15, 0.2) is 0 Å². The fourth-order valence-electron chi connectivity index (χ4n) is 1.03. The van der Waals surface area contributed by atoms with E-state index >= 15 is 0 Å². The largest absolute Gasteiger partial charge is 0.272 e. The molecule has 0 bridgehead atoms. The number of hydrogen-bond acceptors (Lipinski definition) is 3. The van der Waals surface area contributed by atoms with Gasteiger partial charge in [0.25, 0.3) is 5.69 Å². The molecule has 0 aliphatic heterocycles. The zero-order chi connectivity index (χ0) is 9.14. The van der Waals surface area contributed by atoms with Gasteiger partial charge in [0.1, 0.15) is 0 Å². The van der Waals surface area contributed by atoms with Gasteiger partial charge in [-0.1, -0.05) is 6.92 Å². The van der Waals surface area contributed by atoms with Crippen LogP contribution < -0.4 is 0 Å². The summed E-state index contributed by atoms with van der Waals surface area (Å²) in [6.45, 7) is 1.88. The minimum absolute atomic E-state index is 0.176. The van der Waals surface area contributed by atoms with Gasteiger partial charge in [-0.25, -0.2) is 0 Å². The van der Waals surface area contributed by atoms with Gasteiger partial charge in [-0.15, -0.1) is 12.6 Å². The normalized spacial score (nSPS) is 9.83. The van der Waals surface area contributed by atoms with Crippen LogP contribution in [0.3, 0.4) is 0 Å². The lowest BCUT2D eigenvalue weighted by Gasteiger charge is -1.99. The molecule has 0 spiro atoms. The quantitative estimate of drug-likeness (QED) is 0.434. The summed E-state index contributed by atoms with van der Waals surface area (Å²) in [6, 6.07) is 4.84. The van der Waals surface area contributed by atoms with E-state index in [2.05, 4.69) is 12.6 Å². The molecule has 1 aromatic rings. The van der Waals surface area contributed by atoms with Crippen LogP contribution >= 0.6 is 12.6 Å².